The van der Waals surface area contributed by atoms with Crippen molar-refractivity contribution in [1.82, 2.24) is 14.5 Å². The first-order valence-electron chi connectivity index (χ1n) is 7.15. The molecule has 2 heterocycles. The number of carbonyl (C=O) groups excluding carboxylic acids is 1. The third-order valence-corrected chi connectivity index (χ3v) is 4.99. The zero-order valence-electron chi connectivity index (χ0n) is 13.2. The lowest BCUT2D eigenvalue weighted by molar-refractivity contribution is -0.131. The number of aromatic nitrogens is 2. The number of carbonyl (C=O) groups is 1. The molecule has 0 radical (unpaired) electrons. The SMILES string of the molecule is CCN(CC)C(=O)Cn1c(C)nc2sc(C)c(C)c2c1=O. The molecular weight excluding hydrogens is 286 g/mol. The standard InChI is InChI=1S/C15H21N3O2S/c1-6-17(7-2)12(19)8-18-11(5)16-14-13(15(18)20)9(3)10(4)21-14/h6-8H2,1-5H3. The summed E-state index contributed by atoms with van der Waals surface area (Å²) in [6.07, 6.45) is 0. The first-order valence-corrected chi connectivity index (χ1v) is 7.97. The summed E-state index contributed by atoms with van der Waals surface area (Å²) in [5.41, 5.74) is 0.858. The average molecular weight is 307 g/mol. The highest BCUT2D eigenvalue weighted by atomic mass is 32.1. The molecule has 1 amide bonds. The van der Waals surface area contributed by atoms with Crippen molar-refractivity contribution in [2.45, 2.75) is 41.2 Å². The molecule has 0 aromatic carbocycles. The van der Waals surface area contributed by atoms with Crippen LogP contribution in [-0.4, -0.2) is 33.4 Å². The predicted octanol–water partition coefficient (Wildman–Crippen LogP) is 2.25. The molecule has 0 aliphatic rings. The molecule has 21 heavy (non-hydrogen) atoms. The molecule has 114 valence electrons. The Bertz CT molecular complexity index is 741. The van der Waals surface area contributed by atoms with Crippen molar-refractivity contribution >= 4 is 27.5 Å². The minimum absolute atomic E-state index is 0.0454. The molecule has 0 atom stereocenters. The molecule has 0 bridgehead atoms. The highest BCUT2D eigenvalue weighted by Crippen LogP contribution is 2.26. The number of nitrogens with zero attached hydrogens (tertiary/aromatic N) is 3. The number of hydrogen-bond donors (Lipinski definition) is 0. The lowest BCUT2D eigenvalue weighted by Gasteiger charge is -2.19. The van der Waals surface area contributed by atoms with Crippen LogP contribution < -0.4 is 5.56 Å². The summed E-state index contributed by atoms with van der Waals surface area (Å²) in [6.45, 7) is 10.9. The van der Waals surface area contributed by atoms with Crippen molar-refractivity contribution in [2.75, 3.05) is 13.1 Å². The van der Waals surface area contributed by atoms with E-state index < -0.39 is 0 Å². The Labute approximate surface area is 128 Å². The normalized spacial score (nSPS) is 11.1. The Morgan fingerprint density at radius 2 is 1.86 bits per heavy atom. The largest absolute Gasteiger partial charge is 0.342 e. The van der Waals surface area contributed by atoms with Gasteiger partial charge in [-0.25, -0.2) is 4.98 Å². The first-order chi connectivity index (χ1) is 9.90. The summed E-state index contributed by atoms with van der Waals surface area (Å²) in [7, 11) is 0. The number of likely N-dealkylation sites (N-methyl/N-ethyl adjacent to an activating group) is 1. The Hall–Kier alpha value is -1.69. The minimum Gasteiger partial charge on any atom is -0.342 e. The van der Waals surface area contributed by atoms with Gasteiger partial charge in [-0.3, -0.25) is 14.2 Å². The Morgan fingerprint density at radius 3 is 2.43 bits per heavy atom. The number of hydrogen-bond acceptors (Lipinski definition) is 4. The monoisotopic (exact) mass is 307 g/mol. The van der Waals surface area contributed by atoms with Crippen LogP contribution in [0.15, 0.2) is 4.79 Å². The van der Waals surface area contributed by atoms with Crippen LogP contribution in [-0.2, 0) is 11.3 Å². The van der Waals surface area contributed by atoms with Crippen LogP contribution in [0.2, 0.25) is 0 Å². The van der Waals surface area contributed by atoms with Gasteiger partial charge in [-0.15, -0.1) is 11.3 Å². The van der Waals surface area contributed by atoms with E-state index in [1.807, 2.05) is 27.7 Å². The predicted molar refractivity (Wildman–Crippen MR) is 86.0 cm³/mol. The van der Waals surface area contributed by atoms with Gasteiger partial charge in [0.2, 0.25) is 5.91 Å². The van der Waals surface area contributed by atoms with Gasteiger partial charge in [-0.2, -0.15) is 0 Å². The number of aryl methyl sites for hydroxylation is 3. The molecule has 0 fully saturated rings. The van der Waals surface area contributed by atoms with E-state index in [0.717, 1.165) is 15.3 Å². The van der Waals surface area contributed by atoms with E-state index in [9.17, 15) is 9.59 Å². The first kappa shape index (κ1) is 15.7. The highest BCUT2D eigenvalue weighted by molar-refractivity contribution is 7.18. The van der Waals surface area contributed by atoms with Gasteiger partial charge in [0.25, 0.3) is 5.56 Å². The molecular formula is C15H21N3O2S. The van der Waals surface area contributed by atoms with Crippen molar-refractivity contribution in [2.24, 2.45) is 0 Å². The van der Waals surface area contributed by atoms with Crippen molar-refractivity contribution in [1.29, 1.82) is 0 Å². The van der Waals surface area contributed by atoms with Gasteiger partial charge < -0.3 is 4.90 Å². The van der Waals surface area contributed by atoms with Crippen molar-refractivity contribution < 1.29 is 4.79 Å². The Kier molecular flexibility index (Phi) is 4.46. The van der Waals surface area contributed by atoms with Crippen LogP contribution >= 0.6 is 11.3 Å². The molecule has 5 nitrogen and oxygen atoms in total. The summed E-state index contributed by atoms with van der Waals surface area (Å²) < 4.78 is 1.49. The molecule has 0 N–H and O–H groups in total. The highest BCUT2D eigenvalue weighted by Gasteiger charge is 2.18. The quantitative estimate of drug-likeness (QED) is 0.870. The zero-order valence-corrected chi connectivity index (χ0v) is 14.0. The van der Waals surface area contributed by atoms with E-state index >= 15 is 0 Å². The van der Waals surface area contributed by atoms with Crippen LogP contribution in [0.4, 0.5) is 0 Å². The zero-order chi connectivity index (χ0) is 15.7. The summed E-state index contributed by atoms with van der Waals surface area (Å²) in [5.74, 6) is 0.546. The Morgan fingerprint density at radius 1 is 1.24 bits per heavy atom. The molecule has 0 aliphatic carbocycles. The summed E-state index contributed by atoms with van der Waals surface area (Å²) >= 11 is 1.53. The summed E-state index contributed by atoms with van der Waals surface area (Å²) in [4.78, 5) is 33.0. The second kappa shape index (κ2) is 5.97. The lowest BCUT2D eigenvalue weighted by atomic mass is 10.2. The third-order valence-electron chi connectivity index (χ3n) is 3.89. The third kappa shape index (κ3) is 2.72. The van der Waals surface area contributed by atoms with Crippen LogP contribution in [0.5, 0.6) is 0 Å². The molecule has 0 spiro atoms. The Balaban J connectivity index is 2.52. The second-order valence-corrected chi connectivity index (χ2v) is 6.28. The maximum Gasteiger partial charge on any atom is 0.263 e. The van der Waals surface area contributed by atoms with Crippen molar-refractivity contribution in [3.8, 4) is 0 Å². The van der Waals surface area contributed by atoms with Crippen LogP contribution in [0.3, 0.4) is 0 Å². The topological polar surface area (TPSA) is 55.2 Å². The van der Waals surface area contributed by atoms with Gasteiger partial charge in [-0.05, 0) is 40.2 Å². The van der Waals surface area contributed by atoms with E-state index in [0.29, 0.717) is 24.3 Å². The van der Waals surface area contributed by atoms with Gasteiger partial charge >= 0.3 is 0 Å². The van der Waals surface area contributed by atoms with E-state index in [2.05, 4.69) is 4.98 Å². The minimum atomic E-state index is -0.111. The summed E-state index contributed by atoms with van der Waals surface area (Å²) in [6, 6.07) is 0. The van der Waals surface area contributed by atoms with Crippen molar-refractivity contribution in [3.05, 3.63) is 26.6 Å². The molecule has 0 saturated heterocycles. The number of amides is 1. The second-order valence-electron chi connectivity index (χ2n) is 5.08. The van der Waals surface area contributed by atoms with Gasteiger partial charge in [0, 0.05) is 18.0 Å². The van der Waals surface area contributed by atoms with Gasteiger partial charge in [0.1, 0.15) is 17.2 Å². The molecule has 0 unspecified atom stereocenters. The molecule has 2 aromatic heterocycles. The average Bonchev–Trinajstić information content (AvgIpc) is 2.71. The van der Waals surface area contributed by atoms with Crippen LogP contribution in [0, 0.1) is 20.8 Å². The molecule has 0 saturated carbocycles. The van der Waals surface area contributed by atoms with Crippen LogP contribution in [0.1, 0.15) is 30.1 Å². The number of fused-ring (bicyclic) bond motifs is 1. The molecule has 6 heteroatoms. The fourth-order valence-corrected chi connectivity index (χ4v) is 3.49. The fourth-order valence-electron chi connectivity index (χ4n) is 2.43. The van der Waals surface area contributed by atoms with Gasteiger partial charge in [0.15, 0.2) is 0 Å². The number of thiophene rings is 1. The lowest BCUT2D eigenvalue weighted by Crippen LogP contribution is -2.37. The molecule has 0 aliphatic heterocycles. The fraction of sp³-hybridized carbons (Fsp3) is 0.533. The van der Waals surface area contributed by atoms with E-state index in [4.69, 9.17) is 0 Å². The van der Waals surface area contributed by atoms with E-state index in [-0.39, 0.29) is 18.0 Å². The van der Waals surface area contributed by atoms with Gasteiger partial charge in [0.05, 0.1) is 5.39 Å². The molecule has 2 aromatic rings. The van der Waals surface area contributed by atoms with E-state index in [1.54, 1.807) is 11.8 Å². The number of rotatable bonds is 4. The van der Waals surface area contributed by atoms with E-state index in [1.165, 1.54) is 15.9 Å². The summed E-state index contributed by atoms with van der Waals surface area (Å²) in [5, 5.41) is 0.649. The van der Waals surface area contributed by atoms with Gasteiger partial charge in [-0.1, -0.05) is 0 Å². The molecule has 2 rings (SSSR count). The van der Waals surface area contributed by atoms with Crippen molar-refractivity contribution in [3.63, 3.8) is 0 Å². The maximum atomic E-state index is 12.7. The van der Waals surface area contributed by atoms with Crippen LogP contribution in [0.25, 0.3) is 10.2 Å². The smallest absolute Gasteiger partial charge is 0.263 e. The maximum absolute atomic E-state index is 12.7.